The smallest absolute Gasteiger partial charge is 0.247 e. The van der Waals surface area contributed by atoms with E-state index in [4.69, 9.17) is 10.5 Å². The highest BCUT2D eigenvalue weighted by atomic mass is 16.5. The fourth-order valence-electron chi connectivity index (χ4n) is 3.43. The first-order valence-electron chi connectivity index (χ1n) is 9.58. The molecule has 1 saturated heterocycles. The van der Waals surface area contributed by atoms with Crippen molar-refractivity contribution >= 4 is 5.91 Å². The lowest BCUT2D eigenvalue weighted by Gasteiger charge is -2.34. The maximum Gasteiger partial charge on any atom is 0.247 e. The minimum atomic E-state index is -0.433. The minimum Gasteiger partial charge on any atom is -0.378 e. The molecular weight excluding hydrogens is 344 g/mol. The number of aromatic nitrogens is 4. The molecule has 1 amide bonds. The zero-order valence-corrected chi connectivity index (χ0v) is 15.8. The number of piperidine rings is 1. The first-order chi connectivity index (χ1) is 13.2. The van der Waals surface area contributed by atoms with Gasteiger partial charge in [-0.25, -0.2) is 4.68 Å². The summed E-state index contributed by atoms with van der Waals surface area (Å²) in [6.45, 7) is 4.54. The predicted molar refractivity (Wildman–Crippen MR) is 101 cm³/mol. The Bertz CT molecular complexity index is 712. The highest BCUT2D eigenvalue weighted by Crippen LogP contribution is 2.21. The molecule has 27 heavy (non-hydrogen) atoms. The van der Waals surface area contributed by atoms with Gasteiger partial charge >= 0.3 is 0 Å². The fourth-order valence-corrected chi connectivity index (χ4v) is 3.43. The molecule has 8 nitrogen and oxygen atoms in total. The minimum absolute atomic E-state index is 0.0645. The number of carbonyl (C=O) groups is 1. The second-order valence-corrected chi connectivity index (χ2v) is 6.91. The second-order valence-electron chi connectivity index (χ2n) is 6.91. The molecule has 3 rings (SSSR count). The van der Waals surface area contributed by atoms with Crippen molar-refractivity contribution in [2.75, 3.05) is 26.2 Å². The standard InChI is InChI=1S/C19H28N6O2/c1-15-21-22-23-25(15)18(14-16-6-3-2-4-7-16)19(26)24-11-8-17(9-12-24)27-13-5-10-20/h2-4,6-7,17-18H,5,8-14,20H2,1H3. The number of amides is 1. The van der Waals surface area contributed by atoms with E-state index in [1.165, 1.54) is 0 Å². The zero-order valence-electron chi connectivity index (χ0n) is 15.8. The Morgan fingerprint density at radius 3 is 2.67 bits per heavy atom. The van der Waals surface area contributed by atoms with E-state index in [-0.39, 0.29) is 12.0 Å². The summed E-state index contributed by atoms with van der Waals surface area (Å²) < 4.78 is 7.48. The van der Waals surface area contributed by atoms with E-state index in [0.717, 1.165) is 24.8 Å². The average molecular weight is 372 g/mol. The lowest BCUT2D eigenvalue weighted by Crippen LogP contribution is -2.45. The van der Waals surface area contributed by atoms with Crippen molar-refractivity contribution in [2.24, 2.45) is 5.73 Å². The number of hydrogen-bond acceptors (Lipinski definition) is 6. The topological polar surface area (TPSA) is 99.2 Å². The van der Waals surface area contributed by atoms with Crippen molar-refractivity contribution in [3.05, 3.63) is 41.7 Å². The normalized spacial score (nSPS) is 16.4. The number of likely N-dealkylation sites (tertiary alicyclic amines) is 1. The van der Waals surface area contributed by atoms with Crippen molar-refractivity contribution < 1.29 is 9.53 Å². The van der Waals surface area contributed by atoms with Crippen LogP contribution in [0.25, 0.3) is 0 Å². The van der Waals surface area contributed by atoms with Crippen LogP contribution in [0.3, 0.4) is 0 Å². The Balaban J connectivity index is 1.66. The van der Waals surface area contributed by atoms with Crippen molar-refractivity contribution in [2.45, 2.75) is 44.8 Å². The van der Waals surface area contributed by atoms with Crippen molar-refractivity contribution in [1.82, 2.24) is 25.1 Å². The van der Waals surface area contributed by atoms with Gasteiger partial charge in [0.15, 0.2) is 0 Å². The lowest BCUT2D eigenvalue weighted by atomic mass is 10.0. The van der Waals surface area contributed by atoms with Crippen molar-refractivity contribution in [1.29, 1.82) is 0 Å². The van der Waals surface area contributed by atoms with Crippen LogP contribution >= 0.6 is 0 Å². The lowest BCUT2D eigenvalue weighted by molar-refractivity contribution is -0.137. The van der Waals surface area contributed by atoms with Gasteiger partial charge in [0.25, 0.3) is 0 Å². The number of nitrogens with two attached hydrogens (primary N) is 1. The Morgan fingerprint density at radius 2 is 2.04 bits per heavy atom. The summed E-state index contributed by atoms with van der Waals surface area (Å²) in [5, 5.41) is 11.8. The molecule has 0 aliphatic carbocycles. The predicted octanol–water partition coefficient (Wildman–Crippen LogP) is 1.12. The molecule has 1 aliphatic heterocycles. The zero-order chi connectivity index (χ0) is 19.1. The van der Waals surface area contributed by atoms with Crippen molar-refractivity contribution in [3.8, 4) is 0 Å². The molecule has 0 bridgehead atoms. The highest BCUT2D eigenvalue weighted by molar-refractivity contribution is 5.80. The average Bonchev–Trinajstić information content (AvgIpc) is 3.13. The Kier molecular flexibility index (Phi) is 6.89. The van der Waals surface area contributed by atoms with Gasteiger partial charge in [-0.1, -0.05) is 30.3 Å². The van der Waals surface area contributed by atoms with Crippen LogP contribution in [-0.4, -0.2) is 63.4 Å². The van der Waals surface area contributed by atoms with Gasteiger partial charge in [-0.2, -0.15) is 0 Å². The van der Waals surface area contributed by atoms with Crippen LogP contribution in [0, 0.1) is 6.92 Å². The SMILES string of the molecule is Cc1nnnn1C(Cc1ccccc1)C(=O)N1CCC(OCCCN)CC1. The Morgan fingerprint density at radius 1 is 1.30 bits per heavy atom. The Hall–Kier alpha value is -2.32. The first kappa shape index (κ1) is 19.4. The van der Waals surface area contributed by atoms with Gasteiger partial charge in [0.05, 0.1) is 6.10 Å². The van der Waals surface area contributed by atoms with Gasteiger partial charge in [0, 0.05) is 26.1 Å². The molecule has 1 unspecified atom stereocenters. The molecule has 1 fully saturated rings. The number of aryl methyl sites for hydroxylation is 1. The number of nitrogens with zero attached hydrogens (tertiary/aromatic N) is 5. The monoisotopic (exact) mass is 372 g/mol. The van der Waals surface area contributed by atoms with E-state index >= 15 is 0 Å². The van der Waals surface area contributed by atoms with E-state index in [2.05, 4.69) is 15.5 Å². The third-order valence-corrected chi connectivity index (χ3v) is 4.97. The van der Waals surface area contributed by atoms with Crippen LogP contribution in [0.2, 0.25) is 0 Å². The molecule has 0 radical (unpaired) electrons. The molecule has 0 spiro atoms. The quantitative estimate of drug-likeness (QED) is 0.697. The summed E-state index contributed by atoms with van der Waals surface area (Å²) in [4.78, 5) is 15.2. The van der Waals surface area contributed by atoms with Gasteiger partial charge in [-0.05, 0) is 48.7 Å². The number of tetrazole rings is 1. The third-order valence-electron chi connectivity index (χ3n) is 4.97. The van der Waals surface area contributed by atoms with Gasteiger partial charge in [0.2, 0.25) is 5.91 Å². The van der Waals surface area contributed by atoms with Gasteiger partial charge in [-0.15, -0.1) is 5.10 Å². The largest absolute Gasteiger partial charge is 0.378 e. The molecule has 8 heteroatoms. The molecule has 1 aromatic heterocycles. The van der Waals surface area contributed by atoms with E-state index in [0.29, 0.717) is 38.5 Å². The van der Waals surface area contributed by atoms with E-state index in [1.54, 1.807) is 4.68 Å². The second kappa shape index (κ2) is 9.57. The number of rotatable bonds is 8. The summed E-state index contributed by atoms with van der Waals surface area (Å²) in [6.07, 6.45) is 3.35. The summed E-state index contributed by atoms with van der Waals surface area (Å²) in [6, 6.07) is 9.55. The molecule has 2 aromatic rings. The summed E-state index contributed by atoms with van der Waals surface area (Å²) in [5.74, 6) is 0.707. The van der Waals surface area contributed by atoms with E-state index in [9.17, 15) is 4.79 Å². The molecule has 1 atom stereocenters. The fraction of sp³-hybridized carbons (Fsp3) is 0.579. The molecule has 0 saturated carbocycles. The van der Waals surface area contributed by atoms with Crippen molar-refractivity contribution in [3.63, 3.8) is 0 Å². The van der Waals surface area contributed by atoms with Crippen LogP contribution in [0.5, 0.6) is 0 Å². The molecular formula is C19H28N6O2. The van der Waals surface area contributed by atoms with Crippen LogP contribution in [0.4, 0.5) is 0 Å². The van der Waals surface area contributed by atoms with Gasteiger partial charge in [-0.3, -0.25) is 4.79 Å². The summed E-state index contributed by atoms with van der Waals surface area (Å²) >= 11 is 0. The highest BCUT2D eigenvalue weighted by Gasteiger charge is 2.31. The molecule has 146 valence electrons. The molecule has 2 N–H and O–H groups in total. The van der Waals surface area contributed by atoms with Crippen LogP contribution in [0.1, 0.15) is 36.7 Å². The maximum atomic E-state index is 13.3. The van der Waals surface area contributed by atoms with Crippen LogP contribution in [-0.2, 0) is 16.0 Å². The molecule has 1 aliphatic rings. The number of carbonyl (C=O) groups excluding carboxylic acids is 1. The molecule has 1 aromatic carbocycles. The van der Waals surface area contributed by atoms with E-state index < -0.39 is 6.04 Å². The number of benzene rings is 1. The first-order valence-corrected chi connectivity index (χ1v) is 9.58. The van der Waals surface area contributed by atoms with Gasteiger partial charge < -0.3 is 15.4 Å². The van der Waals surface area contributed by atoms with Gasteiger partial charge in [0.1, 0.15) is 11.9 Å². The Labute approximate surface area is 159 Å². The summed E-state index contributed by atoms with van der Waals surface area (Å²) in [5.41, 5.74) is 6.60. The van der Waals surface area contributed by atoms with Crippen LogP contribution < -0.4 is 5.73 Å². The third kappa shape index (κ3) is 5.11. The number of ether oxygens (including phenoxy) is 1. The summed E-state index contributed by atoms with van der Waals surface area (Å²) in [7, 11) is 0. The van der Waals surface area contributed by atoms with E-state index in [1.807, 2.05) is 42.2 Å². The molecule has 2 heterocycles. The maximum absolute atomic E-state index is 13.3. The number of hydrogen-bond donors (Lipinski definition) is 1. The van der Waals surface area contributed by atoms with Crippen LogP contribution in [0.15, 0.2) is 30.3 Å².